The van der Waals surface area contributed by atoms with Gasteiger partial charge in [0.1, 0.15) is 0 Å². The van der Waals surface area contributed by atoms with Crippen LogP contribution in [-0.2, 0) is 13.1 Å². The van der Waals surface area contributed by atoms with Crippen LogP contribution in [0.2, 0.25) is 0 Å². The van der Waals surface area contributed by atoms with Gasteiger partial charge in [0, 0.05) is 36.8 Å². The molecule has 4 nitrogen and oxygen atoms in total. The molecule has 1 saturated carbocycles. The molecule has 0 bridgehead atoms. The van der Waals surface area contributed by atoms with Gasteiger partial charge in [-0.2, -0.15) is 5.10 Å². The van der Waals surface area contributed by atoms with E-state index in [9.17, 15) is 5.11 Å². The summed E-state index contributed by atoms with van der Waals surface area (Å²) in [5.74, 6) is 0.462. The van der Waals surface area contributed by atoms with Crippen molar-refractivity contribution in [2.24, 2.45) is 5.92 Å². The minimum absolute atomic E-state index is 0.378. The zero-order valence-electron chi connectivity index (χ0n) is 13.1. The molecule has 2 fully saturated rings. The number of piperidine rings is 1. The summed E-state index contributed by atoms with van der Waals surface area (Å²) in [6, 6.07) is 0. The molecule has 1 aromatic heterocycles. The molecule has 2 atom stereocenters. The monoisotopic (exact) mass is 289 g/mol. The van der Waals surface area contributed by atoms with Gasteiger partial charge >= 0.3 is 0 Å². The Labute approximate surface area is 127 Å². The summed E-state index contributed by atoms with van der Waals surface area (Å²) in [4.78, 5) is 2.49. The first-order valence-corrected chi connectivity index (χ1v) is 8.19. The van der Waals surface area contributed by atoms with E-state index in [0.717, 1.165) is 39.0 Å². The number of rotatable bonds is 4. The Morgan fingerprint density at radius 3 is 3.14 bits per heavy atom. The summed E-state index contributed by atoms with van der Waals surface area (Å²) in [5, 5.41) is 15.2. The Morgan fingerprint density at radius 1 is 1.48 bits per heavy atom. The summed E-state index contributed by atoms with van der Waals surface area (Å²) in [6.45, 7) is 9.66. The Balaban J connectivity index is 1.65. The zero-order valence-corrected chi connectivity index (χ0v) is 13.1. The molecule has 1 N–H and O–H groups in total. The molecule has 1 saturated heterocycles. The molecule has 3 rings (SSSR count). The number of likely N-dealkylation sites (tertiary alicyclic amines) is 1. The summed E-state index contributed by atoms with van der Waals surface area (Å²) in [5.41, 5.74) is 2.16. The second-order valence-corrected chi connectivity index (χ2v) is 6.76. The van der Waals surface area contributed by atoms with Crippen molar-refractivity contribution in [1.82, 2.24) is 14.7 Å². The van der Waals surface area contributed by atoms with Crippen molar-refractivity contribution in [3.63, 3.8) is 0 Å². The standard InChI is InChI=1S/C17H27N3O/c1-3-9-20-14(2)15(11-18-20)12-19-10-8-17(21)7-5-4-6-16(17)13-19/h3,11,16,21H,1,4-10,12-13H2,2H3. The van der Waals surface area contributed by atoms with Crippen LogP contribution < -0.4 is 0 Å². The zero-order chi connectivity index (χ0) is 14.9. The quantitative estimate of drug-likeness (QED) is 0.866. The average molecular weight is 289 g/mol. The lowest BCUT2D eigenvalue weighted by molar-refractivity contribution is -0.0968. The van der Waals surface area contributed by atoms with Gasteiger partial charge in [-0.05, 0) is 26.2 Å². The van der Waals surface area contributed by atoms with Crippen molar-refractivity contribution in [2.75, 3.05) is 13.1 Å². The van der Waals surface area contributed by atoms with Crippen molar-refractivity contribution < 1.29 is 5.11 Å². The molecule has 0 aromatic carbocycles. The summed E-state index contributed by atoms with van der Waals surface area (Å²) in [7, 11) is 0. The molecule has 4 heteroatoms. The van der Waals surface area contributed by atoms with Crippen LogP contribution in [0.1, 0.15) is 43.4 Å². The van der Waals surface area contributed by atoms with E-state index in [1.54, 1.807) is 0 Å². The van der Waals surface area contributed by atoms with Gasteiger partial charge in [-0.15, -0.1) is 6.58 Å². The van der Waals surface area contributed by atoms with E-state index in [2.05, 4.69) is 23.5 Å². The van der Waals surface area contributed by atoms with Crippen molar-refractivity contribution in [2.45, 2.75) is 57.7 Å². The van der Waals surface area contributed by atoms with Gasteiger partial charge in [-0.1, -0.05) is 18.9 Å². The number of nitrogens with zero attached hydrogens (tertiary/aromatic N) is 3. The molecule has 0 radical (unpaired) electrons. The lowest BCUT2D eigenvalue weighted by atomic mass is 9.71. The van der Waals surface area contributed by atoms with Gasteiger partial charge in [-0.25, -0.2) is 0 Å². The maximum atomic E-state index is 10.7. The van der Waals surface area contributed by atoms with E-state index >= 15 is 0 Å². The molecule has 1 aliphatic heterocycles. The fraction of sp³-hybridized carbons (Fsp3) is 0.706. The lowest BCUT2D eigenvalue weighted by Gasteiger charge is -2.47. The van der Waals surface area contributed by atoms with Crippen LogP contribution in [0.5, 0.6) is 0 Å². The molecule has 1 aliphatic carbocycles. The van der Waals surface area contributed by atoms with E-state index in [1.165, 1.54) is 30.5 Å². The van der Waals surface area contributed by atoms with E-state index in [1.807, 2.05) is 17.0 Å². The molecule has 0 spiro atoms. The molecular weight excluding hydrogens is 262 g/mol. The van der Waals surface area contributed by atoms with Gasteiger partial charge in [0.2, 0.25) is 0 Å². The van der Waals surface area contributed by atoms with Crippen LogP contribution in [0.4, 0.5) is 0 Å². The molecule has 21 heavy (non-hydrogen) atoms. The van der Waals surface area contributed by atoms with E-state index in [0.29, 0.717) is 5.92 Å². The minimum Gasteiger partial charge on any atom is -0.390 e. The van der Waals surface area contributed by atoms with Crippen molar-refractivity contribution in [3.8, 4) is 0 Å². The Bertz CT molecular complexity index is 510. The van der Waals surface area contributed by atoms with Crippen molar-refractivity contribution in [3.05, 3.63) is 30.1 Å². The summed E-state index contributed by atoms with van der Waals surface area (Å²) < 4.78 is 2.00. The van der Waals surface area contributed by atoms with Gasteiger partial charge in [0.05, 0.1) is 18.3 Å². The maximum Gasteiger partial charge on any atom is 0.0700 e. The highest BCUT2D eigenvalue weighted by Gasteiger charge is 2.42. The average Bonchev–Trinajstić information content (AvgIpc) is 2.81. The lowest BCUT2D eigenvalue weighted by Crippen LogP contribution is -2.52. The van der Waals surface area contributed by atoms with Crippen molar-refractivity contribution >= 4 is 0 Å². The number of hydrogen-bond acceptors (Lipinski definition) is 3. The first-order chi connectivity index (χ1) is 10.1. The summed E-state index contributed by atoms with van der Waals surface area (Å²) >= 11 is 0. The fourth-order valence-electron chi connectivity index (χ4n) is 3.97. The highest BCUT2D eigenvalue weighted by Crippen LogP contribution is 2.40. The van der Waals surface area contributed by atoms with Crippen LogP contribution in [0, 0.1) is 12.8 Å². The molecule has 116 valence electrons. The number of fused-ring (bicyclic) bond motifs is 1. The van der Waals surface area contributed by atoms with Gasteiger partial charge < -0.3 is 5.11 Å². The molecule has 0 amide bonds. The van der Waals surface area contributed by atoms with E-state index in [-0.39, 0.29) is 5.60 Å². The largest absolute Gasteiger partial charge is 0.390 e. The highest BCUT2D eigenvalue weighted by atomic mass is 16.3. The Morgan fingerprint density at radius 2 is 2.33 bits per heavy atom. The molecular formula is C17H27N3O. The molecule has 2 heterocycles. The van der Waals surface area contributed by atoms with E-state index < -0.39 is 0 Å². The normalized spacial score (nSPS) is 30.1. The number of aliphatic hydroxyl groups is 1. The first-order valence-electron chi connectivity index (χ1n) is 8.19. The predicted molar refractivity (Wildman–Crippen MR) is 84.0 cm³/mol. The van der Waals surface area contributed by atoms with Gasteiger partial charge in [0.15, 0.2) is 0 Å². The van der Waals surface area contributed by atoms with Crippen molar-refractivity contribution in [1.29, 1.82) is 0 Å². The smallest absolute Gasteiger partial charge is 0.0700 e. The third-order valence-electron chi connectivity index (χ3n) is 5.41. The SMILES string of the molecule is C=CCn1ncc(CN2CCC3(O)CCCCC3C2)c1C. The second kappa shape index (κ2) is 5.93. The van der Waals surface area contributed by atoms with Crippen LogP contribution in [0.15, 0.2) is 18.9 Å². The maximum absolute atomic E-state index is 10.7. The van der Waals surface area contributed by atoms with Crippen LogP contribution in [-0.4, -0.2) is 38.5 Å². The third-order valence-corrected chi connectivity index (χ3v) is 5.41. The van der Waals surface area contributed by atoms with Crippen LogP contribution in [0.3, 0.4) is 0 Å². The highest BCUT2D eigenvalue weighted by molar-refractivity contribution is 5.16. The first kappa shape index (κ1) is 14.8. The molecule has 2 unspecified atom stereocenters. The molecule has 1 aromatic rings. The minimum atomic E-state index is -0.378. The summed E-state index contributed by atoms with van der Waals surface area (Å²) in [6.07, 6.45) is 9.45. The molecule has 2 aliphatic rings. The predicted octanol–water partition coefficient (Wildman–Crippen LogP) is 2.50. The van der Waals surface area contributed by atoms with Gasteiger partial charge in [-0.3, -0.25) is 9.58 Å². The Kier molecular flexibility index (Phi) is 4.18. The van der Waals surface area contributed by atoms with Gasteiger partial charge in [0.25, 0.3) is 0 Å². The van der Waals surface area contributed by atoms with Crippen LogP contribution in [0.25, 0.3) is 0 Å². The Hall–Kier alpha value is -1.13. The topological polar surface area (TPSA) is 41.3 Å². The third kappa shape index (κ3) is 2.92. The fourth-order valence-corrected chi connectivity index (χ4v) is 3.97. The van der Waals surface area contributed by atoms with E-state index in [4.69, 9.17) is 0 Å². The number of aromatic nitrogens is 2. The number of allylic oxidation sites excluding steroid dienone is 1. The van der Waals surface area contributed by atoms with Crippen LogP contribution >= 0.6 is 0 Å². The second-order valence-electron chi connectivity index (χ2n) is 6.76. The number of hydrogen-bond donors (Lipinski definition) is 1.